The van der Waals surface area contributed by atoms with Gasteiger partial charge < -0.3 is 9.47 Å². The lowest BCUT2D eigenvalue weighted by Crippen LogP contribution is -2.21. The first-order valence-electron chi connectivity index (χ1n) is 9.02. The molecular weight excluding hydrogens is 310 g/mol. The average molecular weight is 338 g/mol. The van der Waals surface area contributed by atoms with Gasteiger partial charge >= 0.3 is 6.61 Å². The van der Waals surface area contributed by atoms with Gasteiger partial charge in [0.15, 0.2) is 0 Å². The molecule has 1 aromatic rings. The van der Waals surface area contributed by atoms with Crippen molar-refractivity contribution in [2.75, 3.05) is 6.61 Å². The zero-order valence-electron chi connectivity index (χ0n) is 14.4. The van der Waals surface area contributed by atoms with Gasteiger partial charge in [-0.1, -0.05) is 44.1 Å². The fourth-order valence-electron chi connectivity index (χ4n) is 3.06. The Morgan fingerprint density at radius 2 is 1.79 bits per heavy atom. The summed E-state index contributed by atoms with van der Waals surface area (Å²) in [5, 5.41) is 0. The summed E-state index contributed by atoms with van der Waals surface area (Å²) < 4.78 is 34.5. The summed E-state index contributed by atoms with van der Waals surface area (Å²) in [7, 11) is 0. The number of rotatable bonds is 9. The Labute approximate surface area is 143 Å². The minimum Gasteiger partial charge on any atom is -0.435 e. The van der Waals surface area contributed by atoms with Crippen molar-refractivity contribution in [1.82, 2.24) is 0 Å². The van der Waals surface area contributed by atoms with E-state index in [4.69, 9.17) is 4.74 Å². The number of ether oxygens (including phenoxy) is 2. The lowest BCUT2D eigenvalue weighted by atomic mass is 9.87. The minimum atomic E-state index is -2.77. The van der Waals surface area contributed by atoms with Crippen LogP contribution in [0, 0.1) is 5.92 Å². The molecule has 2 nitrogen and oxygen atoms in total. The molecule has 1 aliphatic carbocycles. The van der Waals surface area contributed by atoms with Gasteiger partial charge in [0, 0.05) is 6.61 Å². The summed E-state index contributed by atoms with van der Waals surface area (Å²) in [5.41, 5.74) is 1.01. The van der Waals surface area contributed by atoms with E-state index in [1.54, 1.807) is 24.3 Å². The van der Waals surface area contributed by atoms with Crippen LogP contribution in [-0.4, -0.2) is 19.3 Å². The van der Waals surface area contributed by atoms with Gasteiger partial charge in [0.25, 0.3) is 0 Å². The Kier molecular flexibility index (Phi) is 8.23. The molecule has 0 amide bonds. The van der Waals surface area contributed by atoms with Crippen LogP contribution in [0.5, 0.6) is 5.75 Å². The third-order valence-corrected chi connectivity index (χ3v) is 4.49. The molecule has 4 heteroatoms. The lowest BCUT2D eigenvalue weighted by molar-refractivity contribution is -0.0498. The van der Waals surface area contributed by atoms with E-state index in [1.165, 1.54) is 19.3 Å². The largest absolute Gasteiger partial charge is 0.435 e. The fourth-order valence-corrected chi connectivity index (χ4v) is 3.06. The minimum absolute atomic E-state index is 0.197. The monoisotopic (exact) mass is 338 g/mol. The van der Waals surface area contributed by atoms with E-state index in [0.29, 0.717) is 12.0 Å². The zero-order valence-corrected chi connectivity index (χ0v) is 14.4. The van der Waals surface area contributed by atoms with Crippen LogP contribution in [0.2, 0.25) is 0 Å². The predicted molar refractivity (Wildman–Crippen MR) is 93.3 cm³/mol. The molecule has 0 atom stereocenters. The van der Waals surface area contributed by atoms with Crippen LogP contribution in [-0.2, 0) is 4.74 Å². The Morgan fingerprint density at radius 3 is 2.42 bits per heavy atom. The maximum atomic E-state index is 12.1. The van der Waals surface area contributed by atoms with Crippen LogP contribution in [0.1, 0.15) is 57.4 Å². The van der Waals surface area contributed by atoms with E-state index in [9.17, 15) is 8.78 Å². The van der Waals surface area contributed by atoms with Crippen LogP contribution in [0.15, 0.2) is 30.3 Å². The molecule has 0 spiro atoms. The first-order valence-corrected chi connectivity index (χ1v) is 9.02. The molecule has 1 saturated carbocycles. The second kappa shape index (κ2) is 10.4. The first-order chi connectivity index (χ1) is 11.7. The Hall–Kier alpha value is -1.42. The second-order valence-corrected chi connectivity index (χ2v) is 6.42. The SMILES string of the molecule is CCCCCO[C@H]1CC[C@H](C=Cc2ccc(OC(F)F)cc2)CC1. The van der Waals surface area contributed by atoms with Crippen molar-refractivity contribution in [3.8, 4) is 5.75 Å². The van der Waals surface area contributed by atoms with Gasteiger partial charge in [-0.25, -0.2) is 0 Å². The molecule has 2 rings (SSSR count). The summed E-state index contributed by atoms with van der Waals surface area (Å²) >= 11 is 0. The molecule has 0 heterocycles. The van der Waals surface area contributed by atoms with Gasteiger partial charge in [-0.15, -0.1) is 0 Å². The first kappa shape index (κ1) is 18.9. The van der Waals surface area contributed by atoms with Crippen molar-refractivity contribution in [2.24, 2.45) is 5.92 Å². The fraction of sp³-hybridized carbons (Fsp3) is 0.600. The molecule has 0 bridgehead atoms. The quantitative estimate of drug-likeness (QED) is 0.509. The van der Waals surface area contributed by atoms with Crippen LogP contribution >= 0.6 is 0 Å². The number of alkyl halides is 2. The normalized spacial score (nSPS) is 21.5. The third-order valence-electron chi connectivity index (χ3n) is 4.49. The number of allylic oxidation sites excluding steroid dienone is 1. The molecule has 0 aliphatic heterocycles. The molecule has 1 aliphatic rings. The highest BCUT2D eigenvalue weighted by molar-refractivity contribution is 5.50. The van der Waals surface area contributed by atoms with E-state index in [1.807, 2.05) is 0 Å². The lowest BCUT2D eigenvalue weighted by Gasteiger charge is -2.27. The van der Waals surface area contributed by atoms with Crippen molar-refractivity contribution >= 4 is 6.08 Å². The predicted octanol–water partition coefficient (Wildman–Crippen LogP) is 6.07. The number of hydrogen-bond acceptors (Lipinski definition) is 2. The van der Waals surface area contributed by atoms with Gasteiger partial charge in [-0.2, -0.15) is 8.78 Å². The number of halogens is 2. The molecule has 24 heavy (non-hydrogen) atoms. The molecule has 134 valence electrons. The Bertz CT molecular complexity index is 477. The Morgan fingerprint density at radius 1 is 1.08 bits per heavy atom. The van der Waals surface area contributed by atoms with Crippen LogP contribution in [0.3, 0.4) is 0 Å². The number of unbranched alkanes of at least 4 members (excludes halogenated alkanes) is 2. The van der Waals surface area contributed by atoms with Gasteiger partial charge in [-0.3, -0.25) is 0 Å². The van der Waals surface area contributed by atoms with Crippen molar-refractivity contribution in [3.05, 3.63) is 35.9 Å². The van der Waals surface area contributed by atoms with Gasteiger partial charge in [0.05, 0.1) is 6.10 Å². The average Bonchev–Trinajstić information content (AvgIpc) is 2.59. The molecule has 0 radical (unpaired) electrons. The van der Waals surface area contributed by atoms with Crippen LogP contribution in [0.4, 0.5) is 8.78 Å². The van der Waals surface area contributed by atoms with E-state index in [2.05, 4.69) is 23.8 Å². The molecule has 0 unspecified atom stereocenters. The van der Waals surface area contributed by atoms with Crippen molar-refractivity contribution in [1.29, 1.82) is 0 Å². The molecule has 1 fully saturated rings. The number of hydrogen-bond donors (Lipinski definition) is 0. The number of benzene rings is 1. The summed E-state index contributed by atoms with van der Waals surface area (Å²) in [4.78, 5) is 0. The molecule has 0 N–H and O–H groups in total. The molecule has 1 aromatic carbocycles. The maximum absolute atomic E-state index is 12.1. The standard InChI is InChI=1S/C20H28F2O2/c1-2-3-4-15-23-18-11-7-16(8-12-18)5-6-17-9-13-19(14-10-17)24-20(21)22/h5-6,9-10,13-14,16,18,20H,2-4,7-8,11-12,15H2,1H3/t16-,18-. The van der Waals surface area contributed by atoms with Crippen LogP contribution in [0.25, 0.3) is 6.08 Å². The van der Waals surface area contributed by atoms with Gasteiger partial charge in [0.2, 0.25) is 0 Å². The third kappa shape index (κ3) is 7.00. The van der Waals surface area contributed by atoms with Crippen molar-refractivity contribution in [2.45, 2.75) is 64.6 Å². The summed E-state index contributed by atoms with van der Waals surface area (Å²) in [6.07, 6.45) is 12.9. The smallest absolute Gasteiger partial charge is 0.387 e. The van der Waals surface area contributed by atoms with Crippen molar-refractivity contribution in [3.63, 3.8) is 0 Å². The van der Waals surface area contributed by atoms with E-state index < -0.39 is 6.61 Å². The molecular formula is C20H28F2O2. The van der Waals surface area contributed by atoms with Gasteiger partial charge in [-0.05, 0) is 55.7 Å². The van der Waals surface area contributed by atoms with E-state index in [0.717, 1.165) is 37.9 Å². The highest BCUT2D eigenvalue weighted by atomic mass is 19.3. The van der Waals surface area contributed by atoms with Crippen molar-refractivity contribution < 1.29 is 18.3 Å². The molecule has 0 aromatic heterocycles. The highest BCUT2D eigenvalue weighted by Gasteiger charge is 2.19. The topological polar surface area (TPSA) is 18.5 Å². The summed E-state index contributed by atoms with van der Waals surface area (Å²) in [6.45, 7) is 0.328. The molecule has 0 saturated heterocycles. The zero-order chi connectivity index (χ0) is 17.2. The second-order valence-electron chi connectivity index (χ2n) is 6.42. The summed E-state index contributed by atoms with van der Waals surface area (Å²) in [6, 6.07) is 6.76. The maximum Gasteiger partial charge on any atom is 0.387 e. The van der Waals surface area contributed by atoms with E-state index >= 15 is 0 Å². The summed E-state index contributed by atoms with van der Waals surface area (Å²) in [5.74, 6) is 0.778. The van der Waals surface area contributed by atoms with Gasteiger partial charge in [0.1, 0.15) is 5.75 Å². The van der Waals surface area contributed by atoms with E-state index in [-0.39, 0.29) is 5.75 Å². The highest BCUT2D eigenvalue weighted by Crippen LogP contribution is 2.28. The van der Waals surface area contributed by atoms with Crippen LogP contribution < -0.4 is 4.74 Å². The Balaban J connectivity index is 1.70.